The minimum atomic E-state index is 0.0652. The summed E-state index contributed by atoms with van der Waals surface area (Å²) in [6.45, 7) is 7.28. The minimum absolute atomic E-state index is 0.0652. The second-order valence-corrected chi connectivity index (χ2v) is 5.32. The van der Waals surface area contributed by atoms with Crippen molar-refractivity contribution in [2.24, 2.45) is 0 Å². The topological polar surface area (TPSA) is 39.1 Å². The summed E-state index contributed by atoms with van der Waals surface area (Å²) in [4.78, 5) is 2.33. The molecule has 1 N–H and O–H groups in total. The molecule has 0 amide bonds. The van der Waals surface area contributed by atoms with Crippen LogP contribution in [-0.4, -0.2) is 25.2 Å². The first kappa shape index (κ1) is 12.2. The fourth-order valence-electron chi connectivity index (χ4n) is 2.22. The molecule has 0 aliphatic carbocycles. The van der Waals surface area contributed by atoms with Gasteiger partial charge >= 0.3 is 0 Å². The molecule has 2 rings (SSSR count). The van der Waals surface area contributed by atoms with Crippen LogP contribution >= 0.6 is 11.6 Å². The van der Waals surface area contributed by atoms with E-state index in [9.17, 15) is 0 Å². The highest BCUT2D eigenvalue weighted by atomic mass is 35.5. The van der Waals surface area contributed by atoms with Crippen molar-refractivity contribution in [1.82, 2.24) is 5.32 Å². The van der Waals surface area contributed by atoms with E-state index >= 15 is 0 Å². The summed E-state index contributed by atoms with van der Waals surface area (Å²) < 4.78 is 0. The van der Waals surface area contributed by atoms with Crippen molar-refractivity contribution >= 4 is 17.3 Å². The zero-order chi connectivity index (χ0) is 12.5. The van der Waals surface area contributed by atoms with Crippen LogP contribution in [0.4, 0.5) is 5.69 Å². The first-order valence-electron chi connectivity index (χ1n) is 5.72. The molecule has 0 radical (unpaired) electrons. The minimum Gasteiger partial charge on any atom is -0.364 e. The first-order valence-corrected chi connectivity index (χ1v) is 6.10. The van der Waals surface area contributed by atoms with Gasteiger partial charge in [0.05, 0.1) is 10.6 Å². The molecule has 1 aliphatic rings. The predicted molar refractivity (Wildman–Crippen MR) is 70.5 cm³/mol. The summed E-state index contributed by atoms with van der Waals surface area (Å²) in [6.07, 6.45) is 0. The van der Waals surface area contributed by atoms with E-state index in [0.29, 0.717) is 10.6 Å². The quantitative estimate of drug-likeness (QED) is 0.831. The normalized spacial score (nSPS) is 18.8. The molecule has 17 heavy (non-hydrogen) atoms. The fourth-order valence-corrected chi connectivity index (χ4v) is 2.44. The van der Waals surface area contributed by atoms with Crippen LogP contribution in [0.25, 0.3) is 0 Å². The van der Waals surface area contributed by atoms with Gasteiger partial charge in [-0.3, -0.25) is 0 Å². The molecule has 4 heteroatoms. The summed E-state index contributed by atoms with van der Waals surface area (Å²) in [5, 5.41) is 12.8. The lowest BCUT2D eigenvalue weighted by Crippen LogP contribution is -2.58. The SMILES string of the molecule is CC1(C)CNCCN1c1ccc(C#N)c(Cl)c1. The second kappa shape index (κ2) is 4.56. The Labute approximate surface area is 107 Å². The van der Waals surface area contributed by atoms with E-state index < -0.39 is 0 Å². The second-order valence-electron chi connectivity index (χ2n) is 4.92. The Balaban J connectivity index is 2.34. The third-order valence-corrected chi connectivity index (χ3v) is 3.50. The van der Waals surface area contributed by atoms with Gasteiger partial charge in [-0.1, -0.05) is 11.6 Å². The summed E-state index contributed by atoms with van der Waals surface area (Å²) in [7, 11) is 0. The number of nitrogens with one attached hydrogen (secondary N) is 1. The molecule has 0 atom stereocenters. The maximum atomic E-state index is 8.86. The van der Waals surface area contributed by atoms with Crippen molar-refractivity contribution in [2.45, 2.75) is 19.4 Å². The molecular weight excluding hydrogens is 234 g/mol. The van der Waals surface area contributed by atoms with Crippen molar-refractivity contribution in [3.63, 3.8) is 0 Å². The van der Waals surface area contributed by atoms with Crippen LogP contribution in [0.1, 0.15) is 19.4 Å². The highest BCUT2D eigenvalue weighted by Gasteiger charge is 2.29. The van der Waals surface area contributed by atoms with Crippen LogP contribution in [0.2, 0.25) is 5.02 Å². The number of piperazine rings is 1. The standard InChI is InChI=1S/C13H16ClN3/c1-13(2)9-16-5-6-17(13)11-4-3-10(8-15)12(14)7-11/h3-4,7,16H,5-6,9H2,1-2H3. The van der Waals surface area contributed by atoms with E-state index in [2.05, 4.69) is 30.1 Å². The van der Waals surface area contributed by atoms with Gasteiger partial charge in [0.15, 0.2) is 0 Å². The van der Waals surface area contributed by atoms with Crippen LogP contribution < -0.4 is 10.2 Å². The van der Waals surface area contributed by atoms with Gasteiger partial charge in [-0.15, -0.1) is 0 Å². The summed E-state index contributed by atoms with van der Waals surface area (Å²) in [6, 6.07) is 7.72. The first-order chi connectivity index (χ1) is 8.04. The number of benzene rings is 1. The number of hydrogen-bond donors (Lipinski definition) is 1. The van der Waals surface area contributed by atoms with Gasteiger partial charge in [-0.05, 0) is 32.0 Å². The lowest BCUT2D eigenvalue weighted by atomic mass is 9.99. The molecule has 0 unspecified atom stereocenters. The molecule has 1 aromatic rings. The Morgan fingerprint density at radius 1 is 1.47 bits per heavy atom. The Bertz CT molecular complexity index is 462. The molecule has 0 spiro atoms. The molecule has 0 aromatic heterocycles. The maximum Gasteiger partial charge on any atom is 0.101 e. The van der Waals surface area contributed by atoms with Gasteiger partial charge in [0.1, 0.15) is 6.07 Å². The van der Waals surface area contributed by atoms with E-state index in [1.165, 1.54) is 0 Å². The monoisotopic (exact) mass is 249 g/mol. The van der Waals surface area contributed by atoms with E-state index in [0.717, 1.165) is 25.3 Å². The number of anilines is 1. The molecule has 90 valence electrons. The van der Waals surface area contributed by atoms with Gasteiger partial charge in [0.25, 0.3) is 0 Å². The molecule has 3 nitrogen and oxygen atoms in total. The van der Waals surface area contributed by atoms with Gasteiger partial charge in [0, 0.05) is 30.9 Å². The van der Waals surface area contributed by atoms with Crippen molar-refractivity contribution in [1.29, 1.82) is 5.26 Å². The Morgan fingerprint density at radius 3 is 2.82 bits per heavy atom. The van der Waals surface area contributed by atoms with E-state index in [4.69, 9.17) is 16.9 Å². The molecule has 0 saturated carbocycles. The van der Waals surface area contributed by atoms with E-state index in [-0.39, 0.29) is 5.54 Å². The van der Waals surface area contributed by atoms with Crippen LogP contribution in [0, 0.1) is 11.3 Å². The molecule has 1 heterocycles. The third-order valence-electron chi connectivity index (χ3n) is 3.19. The lowest BCUT2D eigenvalue weighted by Gasteiger charge is -2.44. The highest BCUT2D eigenvalue weighted by Crippen LogP contribution is 2.29. The van der Waals surface area contributed by atoms with Crippen LogP contribution in [0.3, 0.4) is 0 Å². The number of halogens is 1. The van der Waals surface area contributed by atoms with Gasteiger partial charge in [0.2, 0.25) is 0 Å². The maximum absolute atomic E-state index is 8.86. The third kappa shape index (κ3) is 2.38. The number of nitriles is 1. The lowest BCUT2D eigenvalue weighted by molar-refractivity contribution is 0.380. The zero-order valence-corrected chi connectivity index (χ0v) is 10.9. The average molecular weight is 250 g/mol. The number of nitrogens with zero attached hydrogens (tertiary/aromatic N) is 2. The van der Waals surface area contributed by atoms with E-state index in [1.807, 2.05) is 12.1 Å². The van der Waals surface area contributed by atoms with Crippen molar-refractivity contribution in [3.05, 3.63) is 28.8 Å². The highest BCUT2D eigenvalue weighted by molar-refractivity contribution is 6.32. The van der Waals surface area contributed by atoms with Crippen molar-refractivity contribution < 1.29 is 0 Å². The van der Waals surface area contributed by atoms with Gasteiger partial charge < -0.3 is 10.2 Å². The Morgan fingerprint density at radius 2 is 2.24 bits per heavy atom. The molecule has 0 bridgehead atoms. The molecule has 1 saturated heterocycles. The molecule has 1 aliphatic heterocycles. The molecule has 1 aromatic carbocycles. The fraction of sp³-hybridized carbons (Fsp3) is 0.462. The van der Waals surface area contributed by atoms with Crippen LogP contribution in [0.15, 0.2) is 18.2 Å². The van der Waals surface area contributed by atoms with Crippen molar-refractivity contribution in [3.8, 4) is 6.07 Å². The summed E-state index contributed by atoms with van der Waals surface area (Å²) >= 11 is 6.08. The average Bonchev–Trinajstić information content (AvgIpc) is 2.28. The zero-order valence-electron chi connectivity index (χ0n) is 10.1. The smallest absolute Gasteiger partial charge is 0.101 e. The Kier molecular flexibility index (Phi) is 3.28. The summed E-state index contributed by atoms with van der Waals surface area (Å²) in [5.74, 6) is 0. The molecule has 1 fully saturated rings. The van der Waals surface area contributed by atoms with Crippen LogP contribution in [-0.2, 0) is 0 Å². The van der Waals surface area contributed by atoms with Crippen LogP contribution in [0.5, 0.6) is 0 Å². The Hall–Kier alpha value is -1.24. The number of rotatable bonds is 1. The van der Waals surface area contributed by atoms with E-state index in [1.54, 1.807) is 6.07 Å². The summed E-state index contributed by atoms with van der Waals surface area (Å²) in [5.41, 5.74) is 1.68. The number of hydrogen-bond acceptors (Lipinski definition) is 3. The molecular formula is C13H16ClN3. The predicted octanol–water partition coefficient (Wildman–Crippen LogP) is 2.40. The van der Waals surface area contributed by atoms with Crippen molar-refractivity contribution in [2.75, 3.05) is 24.5 Å². The van der Waals surface area contributed by atoms with Gasteiger partial charge in [-0.25, -0.2) is 0 Å². The largest absolute Gasteiger partial charge is 0.364 e. The van der Waals surface area contributed by atoms with Gasteiger partial charge in [-0.2, -0.15) is 5.26 Å².